The van der Waals surface area contributed by atoms with E-state index in [1.807, 2.05) is 19.9 Å². The first-order chi connectivity index (χ1) is 7.51. The molecule has 2 unspecified atom stereocenters. The second kappa shape index (κ2) is 3.59. The van der Waals surface area contributed by atoms with Gasteiger partial charge in [-0.15, -0.1) is 0 Å². The van der Waals surface area contributed by atoms with Crippen molar-refractivity contribution in [1.29, 1.82) is 0 Å². The Morgan fingerprint density at radius 2 is 2.19 bits per heavy atom. The minimum atomic E-state index is -0.750. The predicted octanol–water partition coefficient (Wildman–Crippen LogP) is 1.83. The summed E-state index contributed by atoms with van der Waals surface area (Å²) < 4.78 is 0. The van der Waals surface area contributed by atoms with Crippen LogP contribution in [-0.4, -0.2) is 23.7 Å². The van der Waals surface area contributed by atoms with Crippen LogP contribution in [0, 0.1) is 13.8 Å². The van der Waals surface area contributed by atoms with Crippen LogP contribution in [0.5, 0.6) is 0 Å². The number of hydrogen-bond acceptors (Lipinski definition) is 2. The zero-order valence-electron chi connectivity index (χ0n) is 9.87. The Bertz CT molecular complexity index is 442. The second-order valence-electron chi connectivity index (χ2n) is 4.64. The van der Waals surface area contributed by atoms with Gasteiger partial charge >= 0.3 is 5.97 Å². The maximum atomic E-state index is 11.2. The van der Waals surface area contributed by atoms with E-state index < -0.39 is 11.5 Å². The molecule has 0 radical (unpaired) electrons. The summed E-state index contributed by atoms with van der Waals surface area (Å²) in [6.45, 7) is 4.09. The van der Waals surface area contributed by atoms with E-state index in [1.54, 1.807) is 7.05 Å². The van der Waals surface area contributed by atoms with Crippen molar-refractivity contribution in [2.45, 2.75) is 31.7 Å². The number of rotatable bonds is 3. The number of carboxylic acid groups (broad SMARTS) is 1. The summed E-state index contributed by atoms with van der Waals surface area (Å²) in [6, 6.07) is 6.20. The van der Waals surface area contributed by atoms with E-state index in [-0.39, 0.29) is 5.92 Å². The molecule has 16 heavy (non-hydrogen) atoms. The molecule has 86 valence electrons. The monoisotopic (exact) mass is 219 g/mol. The quantitative estimate of drug-likeness (QED) is 0.815. The fourth-order valence-corrected chi connectivity index (χ4v) is 2.47. The van der Waals surface area contributed by atoms with Crippen molar-refractivity contribution in [3.8, 4) is 0 Å². The molecule has 0 spiro atoms. The van der Waals surface area contributed by atoms with Crippen molar-refractivity contribution in [2.24, 2.45) is 0 Å². The highest BCUT2D eigenvalue weighted by atomic mass is 16.4. The number of benzene rings is 1. The first-order valence-corrected chi connectivity index (χ1v) is 5.50. The van der Waals surface area contributed by atoms with E-state index in [2.05, 4.69) is 17.4 Å². The number of hydrogen-bond donors (Lipinski definition) is 2. The highest BCUT2D eigenvalue weighted by Gasteiger charge is 2.60. The normalized spacial score (nSPS) is 27.8. The van der Waals surface area contributed by atoms with E-state index in [9.17, 15) is 9.90 Å². The smallest absolute Gasteiger partial charge is 0.324 e. The Labute approximate surface area is 95.5 Å². The Morgan fingerprint density at radius 3 is 2.62 bits per heavy atom. The maximum absolute atomic E-state index is 11.2. The summed E-state index contributed by atoms with van der Waals surface area (Å²) in [5.41, 5.74) is 2.82. The Balaban J connectivity index is 2.32. The lowest BCUT2D eigenvalue weighted by atomic mass is 9.99. The molecule has 1 aromatic carbocycles. The molecule has 0 aromatic heterocycles. The molecule has 0 aliphatic heterocycles. The molecule has 2 rings (SSSR count). The fraction of sp³-hybridized carbons (Fsp3) is 0.462. The molecule has 0 heterocycles. The third kappa shape index (κ3) is 1.52. The second-order valence-corrected chi connectivity index (χ2v) is 4.64. The molecule has 3 nitrogen and oxygen atoms in total. The third-order valence-electron chi connectivity index (χ3n) is 3.59. The van der Waals surface area contributed by atoms with Crippen LogP contribution in [0.4, 0.5) is 0 Å². The number of aryl methyl sites for hydroxylation is 2. The molecule has 3 heteroatoms. The van der Waals surface area contributed by atoms with E-state index >= 15 is 0 Å². The van der Waals surface area contributed by atoms with Crippen LogP contribution >= 0.6 is 0 Å². The summed E-state index contributed by atoms with van der Waals surface area (Å²) in [5.74, 6) is -0.643. The van der Waals surface area contributed by atoms with Crippen LogP contribution in [0.3, 0.4) is 0 Å². The van der Waals surface area contributed by atoms with Crippen molar-refractivity contribution in [2.75, 3.05) is 7.05 Å². The molecule has 1 aliphatic carbocycles. The molecule has 0 bridgehead atoms. The Hall–Kier alpha value is -1.35. The van der Waals surface area contributed by atoms with Crippen LogP contribution < -0.4 is 5.32 Å². The summed E-state index contributed by atoms with van der Waals surface area (Å²) in [6.07, 6.45) is 0.683. The van der Waals surface area contributed by atoms with E-state index in [0.29, 0.717) is 6.42 Å². The van der Waals surface area contributed by atoms with Crippen LogP contribution in [0.15, 0.2) is 18.2 Å². The summed E-state index contributed by atoms with van der Waals surface area (Å²) >= 11 is 0. The molecule has 1 fully saturated rings. The van der Waals surface area contributed by atoms with E-state index in [4.69, 9.17) is 0 Å². The molecule has 1 saturated carbocycles. The standard InChI is InChI=1S/C13H17NO2/c1-8-4-5-10(9(2)6-8)11-7-13(11,14-3)12(15)16/h4-6,11,14H,7H2,1-3H3,(H,15,16). The lowest BCUT2D eigenvalue weighted by Gasteiger charge is -2.12. The van der Waals surface area contributed by atoms with Gasteiger partial charge in [-0.05, 0) is 38.4 Å². The molecular formula is C13H17NO2. The Morgan fingerprint density at radius 1 is 1.50 bits per heavy atom. The van der Waals surface area contributed by atoms with Gasteiger partial charge in [0, 0.05) is 5.92 Å². The number of likely N-dealkylation sites (N-methyl/N-ethyl adjacent to an activating group) is 1. The maximum Gasteiger partial charge on any atom is 0.324 e. The van der Waals surface area contributed by atoms with Gasteiger partial charge in [0.1, 0.15) is 5.54 Å². The van der Waals surface area contributed by atoms with Gasteiger partial charge in [-0.3, -0.25) is 4.79 Å². The van der Waals surface area contributed by atoms with E-state index in [1.165, 1.54) is 11.1 Å². The third-order valence-corrected chi connectivity index (χ3v) is 3.59. The molecule has 1 aliphatic rings. The lowest BCUT2D eigenvalue weighted by molar-refractivity contribution is -0.140. The van der Waals surface area contributed by atoms with Crippen molar-refractivity contribution in [1.82, 2.24) is 5.32 Å². The van der Waals surface area contributed by atoms with Gasteiger partial charge < -0.3 is 10.4 Å². The molecule has 1 aromatic rings. The first kappa shape index (κ1) is 11.1. The fourth-order valence-electron chi connectivity index (χ4n) is 2.47. The van der Waals surface area contributed by atoms with Crippen LogP contribution in [0.25, 0.3) is 0 Å². The minimum Gasteiger partial charge on any atom is -0.480 e. The van der Waals surface area contributed by atoms with Gasteiger partial charge in [0.2, 0.25) is 0 Å². The number of carbonyl (C=O) groups is 1. The van der Waals surface area contributed by atoms with Gasteiger partial charge in [0.15, 0.2) is 0 Å². The van der Waals surface area contributed by atoms with Gasteiger partial charge in [-0.2, -0.15) is 0 Å². The minimum absolute atomic E-state index is 0.107. The highest BCUT2D eigenvalue weighted by Crippen LogP contribution is 2.52. The molecular weight excluding hydrogens is 202 g/mol. The van der Waals surface area contributed by atoms with Crippen molar-refractivity contribution >= 4 is 5.97 Å². The van der Waals surface area contributed by atoms with Crippen molar-refractivity contribution in [3.63, 3.8) is 0 Å². The van der Waals surface area contributed by atoms with Crippen molar-refractivity contribution < 1.29 is 9.90 Å². The van der Waals surface area contributed by atoms with Crippen molar-refractivity contribution in [3.05, 3.63) is 34.9 Å². The zero-order chi connectivity index (χ0) is 11.9. The zero-order valence-corrected chi connectivity index (χ0v) is 9.87. The number of aliphatic carboxylic acids is 1. The molecule has 0 saturated heterocycles. The van der Waals surface area contributed by atoms with Gasteiger partial charge in [0.05, 0.1) is 0 Å². The summed E-state index contributed by atoms with van der Waals surface area (Å²) in [4.78, 5) is 11.2. The average molecular weight is 219 g/mol. The lowest BCUT2D eigenvalue weighted by Crippen LogP contribution is -2.38. The Kier molecular flexibility index (Phi) is 2.50. The summed E-state index contributed by atoms with van der Waals surface area (Å²) in [7, 11) is 1.72. The number of carboxylic acids is 1. The van der Waals surface area contributed by atoms with Crippen LogP contribution in [0.2, 0.25) is 0 Å². The van der Waals surface area contributed by atoms with Gasteiger partial charge in [-0.25, -0.2) is 0 Å². The van der Waals surface area contributed by atoms with Crippen LogP contribution in [-0.2, 0) is 4.79 Å². The average Bonchev–Trinajstić information content (AvgIpc) is 2.93. The first-order valence-electron chi connectivity index (χ1n) is 5.50. The molecule has 2 atom stereocenters. The molecule has 0 amide bonds. The molecule has 2 N–H and O–H groups in total. The SMILES string of the molecule is CNC1(C(=O)O)CC1c1ccc(C)cc1C. The highest BCUT2D eigenvalue weighted by molar-refractivity contribution is 5.85. The van der Waals surface area contributed by atoms with Gasteiger partial charge in [-0.1, -0.05) is 23.8 Å². The van der Waals surface area contributed by atoms with Gasteiger partial charge in [0.25, 0.3) is 0 Å². The largest absolute Gasteiger partial charge is 0.480 e. The number of nitrogens with one attached hydrogen (secondary N) is 1. The predicted molar refractivity (Wildman–Crippen MR) is 62.7 cm³/mol. The summed E-state index contributed by atoms with van der Waals surface area (Å²) in [5, 5.41) is 12.2. The van der Waals surface area contributed by atoms with E-state index in [0.717, 1.165) is 5.56 Å². The van der Waals surface area contributed by atoms with Crippen LogP contribution in [0.1, 0.15) is 29.0 Å². The topological polar surface area (TPSA) is 49.3 Å².